The Kier molecular flexibility index (Phi) is 7.30. The van der Waals surface area contributed by atoms with Crippen LogP contribution in [0.1, 0.15) is 45.7 Å². The molecule has 0 bridgehead atoms. The van der Waals surface area contributed by atoms with Gasteiger partial charge in [-0.1, -0.05) is 20.8 Å². The van der Waals surface area contributed by atoms with Crippen LogP contribution in [-0.4, -0.2) is 67.7 Å². The summed E-state index contributed by atoms with van der Waals surface area (Å²) in [5, 5.41) is 4.94. The number of hydrogen-bond donors (Lipinski definition) is 3. The average molecular weight is 467 g/mol. The zero-order valence-electron chi connectivity index (χ0n) is 20.6. The van der Waals surface area contributed by atoms with Gasteiger partial charge in [0, 0.05) is 62.1 Å². The summed E-state index contributed by atoms with van der Waals surface area (Å²) in [6.45, 7) is 11.4. The number of likely N-dealkylation sites (tertiary alicyclic amines) is 1. The predicted octanol–water partition coefficient (Wildman–Crippen LogP) is 1.89. The first kappa shape index (κ1) is 24.3. The van der Waals surface area contributed by atoms with E-state index in [1.54, 1.807) is 12.4 Å². The van der Waals surface area contributed by atoms with Crippen molar-refractivity contribution in [2.75, 3.05) is 43.4 Å². The fourth-order valence-corrected chi connectivity index (χ4v) is 4.97. The number of aromatic nitrogens is 5. The molecule has 10 nitrogen and oxygen atoms in total. The summed E-state index contributed by atoms with van der Waals surface area (Å²) < 4.78 is 1.94. The van der Waals surface area contributed by atoms with Crippen molar-refractivity contribution in [3.05, 3.63) is 30.4 Å². The molecule has 1 saturated heterocycles. The fourth-order valence-electron chi connectivity index (χ4n) is 4.97. The Morgan fingerprint density at radius 2 is 1.85 bits per heavy atom. The molecule has 184 valence electrons. The van der Waals surface area contributed by atoms with Gasteiger partial charge in [-0.2, -0.15) is 5.10 Å². The van der Waals surface area contributed by atoms with Crippen LogP contribution in [0.4, 0.5) is 11.8 Å². The van der Waals surface area contributed by atoms with E-state index in [1.165, 1.54) is 0 Å². The van der Waals surface area contributed by atoms with Crippen LogP contribution in [0.3, 0.4) is 0 Å². The van der Waals surface area contributed by atoms with Crippen molar-refractivity contribution < 1.29 is 0 Å². The molecule has 6 N–H and O–H groups in total. The molecule has 4 rings (SSSR count). The first-order valence-electron chi connectivity index (χ1n) is 12.3. The molecule has 3 aromatic rings. The molecule has 10 heteroatoms. The molecule has 0 aromatic carbocycles. The van der Waals surface area contributed by atoms with Gasteiger partial charge in [0.2, 0.25) is 5.95 Å². The first-order valence-corrected chi connectivity index (χ1v) is 12.3. The molecule has 0 saturated carbocycles. The fraction of sp³-hybridized carbons (Fsp3) is 0.583. The molecule has 1 fully saturated rings. The number of anilines is 2. The largest absolute Gasteiger partial charge is 0.368 e. The summed E-state index contributed by atoms with van der Waals surface area (Å²) in [6, 6.07) is 2.16. The third-order valence-electron chi connectivity index (χ3n) is 6.88. The number of nitrogens with zero attached hydrogens (tertiary/aromatic N) is 7. The minimum Gasteiger partial charge on any atom is -0.368 e. The van der Waals surface area contributed by atoms with Gasteiger partial charge < -0.3 is 22.1 Å². The van der Waals surface area contributed by atoms with E-state index in [4.69, 9.17) is 27.3 Å². The van der Waals surface area contributed by atoms with Gasteiger partial charge in [-0.25, -0.2) is 19.5 Å². The van der Waals surface area contributed by atoms with E-state index < -0.39 is 0 Å². The van der Waals surface area contributed by atoms with E-state index in [0.717, 1.165) is 80.3 Å². The van der Waals surface area contributed by atoms with Gasteiger partial charge >= 0.3 is 0 Å². The number of fused-ring (bicyclic) bond motifs is 1. The number of hydrogen-bond acceptors (Lipinski definition) is 9. The second-order valence-corrected chi connectivity index (χ2v) is 9.42. The normalized spacial score (nSPS) is 20.9. The Labute approximate surface area is 201 Å². The second kappa shape index (κ2) is 10.2. The van der Waals surface area contributed by atoms with Gasteiger partial charge in [-0.15, -0.1) is 0 Å². The molecule has 34 heavy (non-hydrogen) atoms. The zero-order valence-corrected chi connectivity index (χ0v) is 20.6. The maximum Gasteiger partial charge on any atom is 0.219 e. The second-order valence-electron chi connectivity index (χ2n) is 9.42. The molecule has 1 aliphatic heterocycles. The summed E-state index contributed by atoms with van der Waals surface area (Å²) in [5.74, 6) is 1.47. The van der Waals surface area contributed by atoms with Crippen LogP contribution in [0.5, 0.6) is 0 Å². The highest BCUT2D eigenvalue weighted by atomic mass is 15.3. The van der Waals surface area contributed by atoms with E-state index in [1.807, 2.05) is 10.7 Å². The highest BCUT2D eigenvalue weighted by Crippen LogP contribution is 2.30. The first-order chi connectivity index (χ1) is 16.4. The number of nitrogens with two attached hydrogens (primary N) is 3. The van der Waals surface area contributed by atoms with Crippen LogP contribution in [0.15, 0.2) is 24.7 Å². The molecule has 4 heterocycles. The smallest absolute Gasteiger partial charge is 0.219 e. The van der Waals surface area contributed by atoms with Crippen LogP contribution in [-0.2, 0) is 6.54 Å². The molecule has 2 atom stereocenters. The Morgan fingerprint density at radius 3 is 2.44 bits per heavy atom. The van der Waals surface area contributed by atoms with Gasteiger partial charge in [0.25, 0.3) is 0 Å². The SMILES string of the molecule is CCCN(CCC)c1nc(-c2cnc(N)nc2)cn2nc(CN3C[C@@H](CN)[C@@](N)(CC)C3)cc12. The zero-order chi connectivity index (χ0) is 24.3. The molecule has 0 aliphatic carbocycles. The van der Waals surface area contributed by atoms with Crippen LogP contribution >= 0.6 is 0 Å². The Balaban J connectivity index is 1.72. The minimum atomic E-state index is -0.234. The lowest BCUT2D eigenvalue weighted by atomic mass is 9.86. The van der Waals surface area contributed by atoms with Crippen LogP contribution in [0.25, 0.3) is 16.8 Å². The van der Waals surface area contributed by atoms with Gasteiger partial charge in [-0.05, 0) is 31.9 Å². The van der Waals surface area contributed by atoms with E-state index in [2.05, 4.69) is 46.6 Å². The summed E-state index contributed by atoms with van der Waals surface area (Å²) in [5.41, 5.74) is 21.7. The van der Waals surface area contributed by atoms with Crippen molar-refractivity contribution in [3.8, 4) is 11.3 Å². The molecule has 3 aromatic heterocycles. The Hall–Kier alpha value is -2.82. The molecule has 0 spiro atoms. The Morgan fingerprint density at radius 1 is 1.15 bits per heavy atom. The molecule has 1 aliphatic rings. The molecular weight excluding hydrogens is 428 g/mol. The number of nitrogen functional groups attached to an aromatic ring is 1. The Bertz CT molecular complexity index is 1090. The molecule has 0 radical (unpaired) electrons. The van der Waals surface area contributed by atoms with E-state index in [0.29, 0.717) is 12.5 Å². The van der Waals surface area contributed by atoms with Crippen LogP contribution in [0, 0.1) is 5.92 Å². The quantitative estimate of drug-likeness (QED) is 0.408. The van der Waals surface area contributed by atoms with E-state index in [9.17, 15) is 0 Å². The van der Waals surface area contributed by atoms with Crippen molar-refractivity contribution in [3.63, 3.8) is 0 Å². The lowest BCUT2D eigenvalue weighted by Gasteiger charge is -2.28. The van der Waals surface area contributed by atoms with Crippen molar-refractivity contribution in [2.45, 2.75) is 52.1 Å². The molecular formula is C24H38N10. The number of rotatable bonds is 10. The van der Waals surface area contributed by atoms with Crippen molar-refractivity contribution in [2.24, 2.45) is 17.4 Å². The third kappa shape index (κ3) is 4.84. The maximum absolute atomic E-state index is 6.67. The lowest BCUT2D eigenvalue weighted by Crippen LogP contribution is -2.49. The summed E-state index contributed by atoms with van der Waals surface area (Å²) in [4.78, 5) is 18.0. The van der Waals surface area contributed by atoms with E-state index >= 15 is 0 Å². The van der Waals surface area contributed by atoms with Crippen molar-refractivity contribution in [1.29, 1.82) is 0 Å². The molecule has 0 unspecified atom stereocenters. The maximum atomic E-state index is 6.67. The van der Waals surface area contributed by atoms with Crippen LogP contribution in [0.2, 0.25) is 0 Å². The van der Waals surface area contributed by atoms with Gasteiger partial charge in [0.05, 0.1) is 17.6 Å². The standard InChI is InChI=1S/C24H38N10/c1-4-7-33(8-5-2)22-21-9-19(14-32-13-18(10-25)24(27,6-3)16-32)31-34(21)15-20(30-22)17-11-28-23(26)29-12-17/h9,11-12,15,18H,4-8,10,13-14,16,25,27H2,1-3H3,(H2,26,28,29)/t18-,24-/m1/s1. The van der Waals surface area contributed by atoms with Gasteiger partial charge in [0.1, 0.15) is 5.52 Å². The van der Waals surface area contributed by atoms with Crippen molar-refractivity contribution >= 4 is 17.3 Å². The summed E-state index contributed by atoms with van der Waals surface area (Å²) >= 11 is 0. The van der Waals surface area contributed by atoms with Crippen molar-refractivity contribution in [1.82, 2.24) is 29.5 Å². The highest BCUT2D eigenvalue weighted by Gasteiger charge is 2.41. The summed E-state index contributed by atoms with van der Waals surface area (Å²) in [7, 11) is 0. The minimum absolute atomic E-state index is 0.234. The van der Waals surface area contributed by atoms with Crippen LogP contribution < -0.4 is 22.1 Å². The van der Waals surface area contributed by atoms with Gasteiger partial charge in [-0.3, -0.25) is 4.90 Å². The van der Waals surface area contributed by atoms with Gasteiger partial charge in [0.15, 0.2) is 5.82 Å². The highest BCUT2D eigenvalue weighted by molar-refractivity contribution is 5.73. The van der Waals surface area contributed by atoms with E-state index in [-0.39, 0.29) is 11.5 Å². The topological polar surface area (TPSA) is 141 Å². The third-order valence-corrected chi connectivity index (χ3v) is 6.88. The summed E-state index contributed by atoms with van der Waals surface area (Å²) in [6.07, 6.45) is 8.34. The monoisotopic (exact) mass is 466 g/mol. The predicted molar refractivity (Wildman–Crippen MR) is 136 cm³/mol. The average Bonchev–Trinajstić information content (AvgIpc) is 3.38. The lowest BCUT2D eigenvalue weighted by molar-refractivity contribution is 0.296. The molecule has 0 amide bonds.